The van der Waals surface area contributed by atoms with Crippen LogP contribution in [0, 0.1) is 12.8 Å². The second-order valence-corrected chi connectivity index (χ2v) is 5.31. The van der Waals surface area contributed by atoms with Gasteiger partial charge in [0.15, 0.2) is 0 Å². The number of carbonyl (C=O) groups is 1. The first-order chi connectivity index (χ1) is 9.02. The van der Waals surface area contributed by atoms with Gasteiger partial charge in [-0.15, -0.1) is 0 Å². The second-order valence-electron chi connectivity index (χ2n) is 5.31. The van der Waals surface area contributed by atoms with Crippen LogP contribution in [-0.2, 0) is 11.3 Å². The van der Waals surface area contributed by atoms with Gasteiger partial charge in [-0.1, -0.05) is 50.1 Å². The molecule has 1 N–H and O–H groups in total. The fourth-order valence-corrected chi connectivity index (χ4v) is 2.03. The van der Waals surface area contributed by atoms with Crippen molar-refractivity contribution in [3.63, 3.8) is 0 Å². The molecule has 1 rings (SSSR count). The Labute approximate surface area is 116 Å². The summed E-state index contributed by atoms with van der Waals surface area (Å²) in [6.45, 7) is 8.41. The van der Waals surface area contributed by atoms with E-state index >= 15 is 0 Å². The van der Waals surface area contributed by atoms with E-state index in [-0.39, 0.29) is 5.92 Å². The zero-order chi connectivity index (χ0) is 14.3. The van der Waals surface area contributed by atoms with Crippen molar-refractivity contribution in [2.75, 3.05) is 13.1 Å². The van der Waals surface area contributed by atoms with Crippen LogP contribution in [0.2, 0.25) is 0 Å². The molecular formula is C16H25NO2. The Morgan fingerprint density at radius 2 is 1.95 bits per heavy atom. The highest BCUT2D eigenvalue weighted by molar-refractivity contribution is 5.69. The quantitative estimate of drug-likeness (QED) is 0.782. The monoisotopic (exact) mass is 263 g/mol. The van der Waals surface area contributed by atoms with Crippen molar-refractivity contribution in [1.82, 2.24) is 4.90 Å². The van der Waals surface area contributed by atoms with Gasteiger partial charge in [-0.05, 0) is 25.5 Å². The van der Waals surface area contributed by atoms with Crippen LogP contribution < -0.4 is 0 Å². The molecule has 0 heterocycles. The number of carboxylic acids is 1. The van der Waals surface area contributed by atoms with Gasteiger partial charge < -0.3 is 5.11 Å². The molecule has 0 spiro atoms. The number of hydrogen-bond acceptors (Lipinski definition) is 2. The Morgan fingerprint density at radius 1 is 1.32 bits per heavy atom. The smallest absolute Gasteiger partial charge is 0.307 e. The van der Waals surface area contributed by atoms with Crippen molar-refractivity contribution in [3.05, 3.63) is 35.4 Å². The summed E-state index contributed by atoms with van der Waals surface area (Å²) in [4.78, 5) is 13.2. The van der Waals surface area contributed by atoms with Crippen molar-refractivity contribution in [2.24, 2.45) is 5.92 Å². The fourth-order valence-electron chi connectivity index (χ4n) is 2.03. The minimum atomic E-state index is -0.717. The average molecular weight is 263 g/mol. The Balaban J connectivity index is 2.62. The van der Waals surface area contributed by atoms with Gasteiger partial charge in [0.05, 0.1) is 5.92 Å². The standard InChI is InChI=1S/C16H25NO2/c1-4-5-10-17(11-14(3)16(18)19)12-15-8-6-13(2)7-9-15/h6-9,14H,4-5,10-12H2,1-3H3,(H,18,19). The van der Waals surface area contributed by atoms with Crippen molar-refractivity contribution >= 4 is 5.97 Å². The lowest BCUT2D eigenvalue weighted by Gasteiger charge is -2.24. The van der Waals surface area contributed by atoms with Crippen LogP contribution in [0.1, 0.15) is 37.8 Å². The average Bonchev–Trinajstić information content (AvgIpc) is 2.38. The van der Waals surface area contributed by atoms with E-state index in [1.165, 1.54) is 11.1 Å². The van der Waals surface area contributed by atoms with Crippen molar-refractivity contribution in [1.29, 1.82) is 0 Å². The largest absolute Gasteiger partial charge is 0.481 e. The van der Waals surface area contributed by atoms with E-state index < -0.39 is 5.97 Å². The number of unbranched alkanes of at least 4 members (excludes halogenated alkanes) is 1. The molecule has 19 heavy (non-hydrogen) atoms. The number of aryl methyl sites for hydroxylation is 1. The summed E-state index contributed by atoms with van der Waals surface area (Å²) in [5, 5.41) is 9.03. The lowest BCUT2D eigenvalue weighted by atomic mass is 10.1. The zero-order valence-corrected chi connectivity index (χ0v) is 12.2. The third-order valence-corrected chi connectivity index (χ3v) is 3.31. The van der Waals surface area contributed by atoms with Gasteiger partial charge in [-0.3, -0.25) is 9.69 Å². The summed E-state index contributed by atoms with van der Waals surface area (Å²) < 4.78 is 0. The SMILES string of the molecule is CCCCN(Cc1ccc(C)cc1)CC(C)C(=O)O. The van der Waals surface area contributed by atoms with E-state index in [0.29, 0.717) is 6.54 Å². The molecular weight excluding hydrogens is 238 g/mol. The summed E-state index contributed by atoms with van der Waals surface area (Å²) in [7, 11) is 0. The first kappa shape index (κ1) is 15.7. The molecule has 0 saturated heterocycles. The molecule has 0 aromatic heterocycles. The van der Waals surface area contributed by atoms with E-state index in [2.05, 4.69) is 43.0 Å². The number of hydrogen-bond donors (Lipinski definition) is 1. The van der Waals surface area contributed by atoms with Crippen molar-refractivity contribution < 1.29 is 9.90 Å². The minimum absolute atomic E-state index is 0.317. The summed E-state index contributed by atoms with van der Waals surface area (Å²) in [6, 6.07) is 8.46. The first-order valence-electron chi connectivity index (χ1n) is 7.03. The number of aliphatic carboxylic acids is 1. The van der Waals surface area contributed by atoms with Gasteiger partial charge in [0.25, 0.3) is 0 Å². The van der Waals surface area contributed by atoms with Crippen LogP contribution in [0.25, 0.3) is 0 Å². The number of benzene rings is 1. The topological polar surface area (TPSA) is 40.5 Å². The maximum atomic E-state index is 11.0. The lowest BCUT2D eigenvalue weighted by molar-refractivity contribution is -0.141. The van der Waals surface area contributed by atoms with Crippen molar-refractivity contribution in [2.45, 2.75) is 40.2 Å². The fraction of sp³-hybridized carbons (Fsp3) is 0.562. The third-order valence-electron chi connectivity index (χ3n) is 3.31. The van der Waals surface area contributed by atoms with Crippen LogP contribution in [0.15, 0.2) is 24.3 Å². The van der Waals surface area contributed by atoms with Crippen LogP contribution >= 0.6 is 0 Å². The second kappa shape index (κ2) is 7.95. The molecule has 1 atom stereocenters. The van der Waals surface area contributed by atoms with Crippen LogP contribution in [0.3, 0.4) is 0 Å². The Hall–Kier alpha value is -1.35. The first-order valence-corrected chi connectivity index (χ1v) is 7.03. The Morgan fingerprint density at radius 3 is 2.47 bits per heavy atom. The van der Waals surface area contributed by atoms with E-state index in [1.54, 1.807) is 6.92 Å². The molecule has 0 radical (unpaired) electrons. The molecule has 3 nitrogen and oxygen atoms in total. The molecule has 1 aromatic rings. The predicted octanol–water partition coefficient (Wildman–Crippen LogP) is 3.32. The minimum Gasteiger partial charge on any atom is -0.481 e. The highest BCUT2D eigenvalue weighted by Gasteiger charge is 2.16. The summed E-state index contributed by atoms with van der Waals surface area (Å²) in [5.41, 5.74) is 2.50. The molecule has 0 aliphatic heterocycles. The van der Waals surface area contributed by atoms with Crippen LogP contribution in [-0.4, -0.2) is 29.1 Å². The predicted molar refractivity (Wildman–Crippen MR) is 78.2 cm³/mol. The van der Waals surface area contributed by atoms with Crippen molar-refractivity contribution in [3.8, 4) is 0 Å². The molecule has 1 aromatic carbocycles. The Bertz CT molecular complexity index is 386. The number of rotatable bonds is 8. The molecule has 0 aliphatic rings. The normalized spacial score (nSPS) is 12.6. The van der Waals surface area contributed by atoms with Crippen LogP contribution in [0.4, 0.5) is 0 Å². The molecule has 0 amide bonds. The maximum Gasteiger partial charge on any atom is 0.307 e. The van der Waals surface area contributed by atoms with Gasteiger partial charge in [0.2, 0.25) is 0 Å². The molecule has 106 valence electrons. The summed E-state index contributed by atoms with van der Waals surface area (Å²) in [5.74, 6) is -1.03. The maximum absolute atomic E-state index is 11.0. The highest BCUT2D eigenvalue weighted by atomic mass is 16.4. The number of carboxylic acid groups (broad SMARTS) is 1. The van der Waals surface area contributed by atoms with Gasteiger partial charge in [0.1, 0.15) is 0 Å². The Kier molecular flexibility index (Phi) is 6.57. The molecule has 1 unspecified atom stereocenters. The summed E-state index contributed by atoms with van der Waals surface area (Å²) in [6.07, 6.45) is 2.24. The van der Waals surface area contributed by atoms with E-state index in [4.69, 9.17) is 5.11 Å². The lowest BCUT2D eigenvalue weighted by Crippen LogP contribution is -2.32. The van der Waals surface area contributed by atoms with Gasteiger partial charge in [0, 0.05) is 13.1 Å². The van der Waals surface area contributed by atoms with Gasteiger partial charge >= 0.3 is 5.97 Å². The van der Waals surface area contributed by atoms with Gasteiger partial charge in [-0.2, -0.15) is 0 Å². The molecule has 0 aliphatic carbocycles. The van der Waals surface area contributed by atoms with E-state index in [1.807, 2.05) is 0 Å². The molecule has 0 saturated carbocycles. The number of nitrogens with zero attached hydrogens (tertiary/aromatic N) is 1. The third kappa shape index (κ3) is 5.88. The van der Waals surface area contributed by atoms with Crippen LogP contribution in [0.5, 0.6) is 0 Å². The molecule has 3 heteroatoms. The summed E-state index contributed by atoms with van der Waals surface area (Å²) >= 11 is 0. The zero-order valence-electron chi connectivity index (χ0n) is 12.2. The van der Waals surface area contributed by atoms with Gasteiger partial charge in [-0.25, -0.2) is 0 Å². The van der Waals surface area contributed by atoms with E-state index in [9.17, 15) is 4.79 Å². The molecule has 0 bridgehead atoms. The molecule has 0 fully saturated rings. The van der Waals surface area contributed by atoms with E-state index in [0.717, 1.165) is 25.9 Å². The highest BCUT2D eigenvalue weighted by Crippen LogP contribution is 2.10.